The van der Waals surface area contributed by atoms with Crippen molar-refractivity contribution in [1.29, 1.82) is 0 Å². The van der Waals surface area contributed by atoms with Crippen LogP contribution in [0, 0.1) is 27.7 Å². The van der Waals surface area contributed by atoms with Crippen LogP contribution in [0.5, 0.6) is 0 Å². The average Bonchev–Trinajstić information content (AvgIpc) is 4.12. The van der Waals surface area contributed by atoms with E-state index in [4.69, 9.17) is 19.1 Å². The van der Waals surface area contributed by atoms with Gasteiger partial charge >= 0.3 is 18.9 Å². The van der Waals surface area contributed by atoms with E-state index in [1.54, 1.807) is 0 Å². The van der Waals surface area contributed by atoms with Gasteiger partial charge in [0.25, 0.3) is 0 Å². The summed E-state index contributed by atoms with van der Waals surface area (Å²) < 4.78 is 10.3. The highest BCUT2D eigenvalue weighted by Crippen LogP contribution is 2.14. The van der Waals surface area contributed by atoms with Crippen LogP contribution in [-0.4, -0.2) is 111 Å². The van der Waals surface area contributed by atoms with Crippen molar-refractivity contribution in [2.45, 2.75) is 171 Å². The van der Waals surface area contributed by atoms with Crippen LogP contribution in [0.25, 0.3) is 0 Å². The zero-order valence-corrected chi connectivity index (χ0v) is 57.0. The lowest BCUT2D eigenvalue weighted by Crippen LogP contribution is -1.97. The largest absolute Gasteiger partial charge is 0.412 e. The van der Waals surface area contributed by atoms with Gasteiger partial charge in [0.05, 0.1) is 12.2 Å². The zero-order chi connectivity index (χ0) is 55.8. The number of aryl methyl sites for hydroxylation is 8. The van der Waals surface area contributed by atoms with E-state index in [2.05, 4.69) is 152 Å². The van der Waals surface area contributed by atoms with Crippen LogP contribution in [0.2, 0.25) is 0 Å². The molecular formula is C60H110N2O10P2S2Si2+2. The van der Waals surface area contributed by atoms with Crippen LogP contribution < -0.4 is 12.3 Å². The van der Waals surface area contributed by atoms with Gasteiger partial charge in [0.15, 0.2) is 10.2 Å². The average molecular weight is 1200 g/mol. The lowest BCUT2D eigenvalue weighted by molar-refractivity contribution is -0.119. The van der Waals surface area contributed by atoms with Crippen LogP contribution in [-0.2, 0) is 54.3 Å². The van der Waals surface area contributed by atoms with Crippen LogP contribution >= 0.6 is 39.8 Å². The van der Waals surface area contributed by atoms with Gasteiger partial charge in [-0.25, -0.2) is 0 Å². The fraction of sp³-hybridized carbons (Fsp3) is 0.533. The highest BCUT2D eigenvalue weighted by atomic mass is 32.2. The first-order valence-electron chi connectivity index (χ1n) is 27.1. The van der Waals surface area contributed by atoms with Gasteiger partial charge in [-0.2, -0.15) is 0 Å². The molecule has 0 amide bonds. The van der Waals surface area contributed by atoms with E-state index in [0.717, 1.165) is 50.4 Å². The Morgan fingerprint density at radius 1 is 0.487 bits per heavy atom. The summed E-state index contributed by atoms with van der Waals surface area (Å²) >= 11 is 2.83. The lowest BCUT2D eigenvalue weighted by atomic mass is 10.1. The quantitative estimate of drug-likeness (QED) is 0.0536. The maximum Gasteiger partial charge on any atom is 0.333 e. The van der Waals surface area contributed by atoms with Crippen molar-refractivity contribution in [2.24, 2.45) is 0 Å². The van der Waals surface area contributed by atoms with Gasteiger partial charge in [-0.15, -0.1) is 0 Å². The van der Waals surface area contributed by atoms with E-state index >= 15 is 0 Å². The highest BCUT2D eigenvalue weighted by Gasteiger charge is 2.08. The van der Waals surface area contributed by atoms with Crippen molar-refractivity contribution in [3.05, 3.63) is 142 Å². The Morgan fingerprint density at radius 3 is 0.872 bits per heavy atom. The number of Topliss-reactive ketones (excluding diaryl/α,β-unsaturated/α-hetero) is 2. The first kappa shape index (κ1) is 86.5. The number of hydrogen-bond donors (Lipinski definition) is 4. The van der Waals surface area contributed by atoms with Gasteiger partial charge in [0.1, 0.15) is 11.6 Å². The topological polar surface area (TPSA) is 260 Å². The van der Waals surface area contributed by atoms with E-state index in [0.29, 0.717) is 88.8 Å². The summed E-state index contributed by atoms with van der Waals surface area (Å²) in [6.45, 7) is 26.5. The van der Waals surface area contributed by atoms with Crippen molar-refractivity contribution in [3.63, 3.8) is 0 Å². The number of carbonyl (C=O) groups is 4. The Balaban J connectivity index is -0.000000195. The minimum Gasteiger partial charge on any atom is -0.412 e. The minimum atomic E-state index is -0.492. The van der Waals surface area contributed by atoms with Crippen LogP contribution in [0.3, 0.4) is 0 Å². The number of thioether (sulfide) groups is 2. The van der Waals surface area contributed by atoms with E-state index in [-0.39, 0.29) is 23.3 Å². The normalized spacial score (nSPS) is 13.7. The Labute approximate surface area is 490 Å². The number of rotatable bonds is 18. The molecule has 0 radical (unpaired) electrons. The fourth-order valence-electron chi connectivity index (χ4n) is 6.38. The maximum absolute atomic E-state index is 11.2. The summed E-state index contributed by atoms with van der Waals surface area (Å²) in [7, 11) is -0.0309. The molecule has 12 N–H and O–H groups in total. The molecule has 0 saturated carbocycles. The van der Waals surface area contributed by atoms with E-state index in [9.17, 15) is 19.2 Å². The highest BCUT2D eigenvalue weighted by molar-refractivity contribution is 8.13. The standard InChI is InChI=1S/2C12H16OS.2C12H16O.2C5H10O.2CH7OPSi.2H3N.2H2O/c2*1-3-14-12(13)9-8-11-6-4-10(2)5-7-11;2*1-3-12(13)9-8-11-6-4-10(2)5-7-11;2*1-5-3-2-4-6-5;2*1-3-4-2;;;;/h2*4-7H,3,8-9H2,1-2H3;2*4-7H,3,8-9H2,1-2H3;2*5H,2-4H2,1H3;2*2-3H,4H2,1H3;2*1H3;2*1H2/p+2. The molecule has 0 aromatic heterocycles. The van der Waals surface area contributed by atoms with Gasteiger partial charge in [-0.05, 0) is 143 Å². The number of benzene rings is 4. The van der Waals surface area contributed by atoms with Gasteiger partial charge in [-0.1, -0.05) is 171 Å². The van der Waals surface area contributed by atoms with Gasteiger partial charge in [0, 0.05) is 65.1 Å². The van der Waals surface area contributed by atoms with Crippen molar-refractivity contribution >= 4 is 80.4 Å². The van der Waals surface area contributed by atoms with Crippen LogP contribution in [0.15, 0.2) is 97.1 Å². The molecule has 18 heteroatoms. The molecule has 6 rings (SSSR count). The second kappa shape index (κ2) is 60.3. The van der Waals surface area contributed by atoms with Crippen molar-refractivity contribution in [3.8, 4) is 0 Å². The van der Waals surface area contributed by atoms with Gasteiger partial charge in [0.2, 0.25) is 0 Å². The Bertz CT molecular complexity index is 1830. The second-order valence-corrected chi connectivity index (χ2v) is 30.3. The first-order valence-corrected chi connectivity index (χ1v) is 39.2. The number of hydrogen-bond acceptors (Lipinski definition) is 12. The van der Waals surface area contributed by atoms with E-state index < -0.39 is 18.9 Å². The van der Waals surface area contributed by atoms with Gasteiger partial charge < -0.3 is 42.3 Å². The summed E-state index contributed by atoms with van der Waals surface area (Å²) in [6, 6.07) is 33.5. The minimum absolute atomic E-state index is 0. The molecular weight excluding hydrogens is 1090 g/mol. The maximum atomic E-state index is 11.2. The predicted molar refractivity (Wildman–Crippen MR) is 354 cm³/mol. The summed E-state index contributed by atoms with van der Waals surface area (Å²) in [6.07, 6.45) is 13.6. The number of ether oxygens (including phenoxy) is 2. The third-order valence-electron chi connectivity index (χ3n) is 11.2. The zero-order valence-electron chi connectivity index (χ0n) is 50.3. The van der Waals surface area contributed by atoms with Crippen LogP contribution in [0.4, 0.5) is 0 Å². The molecule has 78 heavy (non-hydrogen) atoms. The second-order valence-electron chi connectivity index (χ2n) is 18.2. The van der Waals surface area contributed by atoms with Crippen molar-refractivity contribution < 1.29 is 49.2 Å². The third kappa shape index (κ3) is 55.2. The summed E-state index contributed by atoms with van der Waals surface area (Å²) in [5, 5.41) is 0.598. The number of ketones is 2. The Kier molecular flexibility index (Phi) is 66.9. The van der Waals surface area contributed by atoms with Gasteiger partial charge in [-0.3, -0.25) is 19.2 Å². The molecule has 2 aliphatic heterocycles. The smallest absolute Gasteiger partial charge is 0.333 e. The summed E-state index contributed by atoms with van der Waals surface area (Å²) in [5.74, 6) is 2.46. The monoisotopic (exact) mass is 1200 g/mol. The Hall–Kier alpha value is -2.77. The lowest BCUT2D eigenvalue weighted by Gasteiger charge is -2.00. The molecule has 4 atom stereocenters. The van der Waals surface area contributed by atoms with Crippen molar-refractivity contribution in [1.82, 2.24) is 12.3 Å². The molecule has 0 aliphatic carbocycles. The van der Waals surface area contributed by atoms with Crippen LogP contribution in [0.1, 0.15) is 150 Å². The van der Waals surface area contributed by atoms with E-state index in [1.807, 2.05) is 27.7 Å². The third-order valence-corrected chi connectivity index (χ3v) is 15.7. The van der Waals surface area contributed by atoms with Crippen molar-refractivity contribution in [2.75, 3.05) is 38.0 Å². The molecule has 2 saturated heterocycles. The fourth-order valence-corrected chi connectivity index (χ4v) is 7.51. The summed E-state index contributed by atoms with van der Waals surface area (Å²) in [5.41, 5.74) is 10.1. The molecule has 2 aliphatic rings. The molecule has 0 bridgehead atoms. The number of carbonyl (C=O) groups excluding carboxylic acids is 4. The molecule has 4 aromatic rings. The SMILES string of the molecule is CC1CCCO1.CC1CCCO1.CCC(=O)CCc1ccc(C)cc1.CCC(=O)CCc1ccc(C)cc1.CCSC(=O)CCc1ccc(C)cc1.CCSC(=O)CCc1ccc(C)cc1.C[PH2+][SiH2]O.C[PH2+][SiH2]O.N.N.O.O. The molecule has 2 heterocycles. The molecule has 2 fully saturated rings. The molecule has 4 aromatic carbocycles. The molecule has 4 unspecified atom stereocenters. The van der Waals surface area contributed by atoms with E-state index in [1.165, 1.54) is 93.7 Å². The first-order chi connectivity index (χ1) is 35.5. The predicted octanol–water partition coefficient (Wildman–Crippen LogP) is 11.3. The molecule has 0 spiro atoms. The molecule has 12 nitrogen and oxygen atoms in total. The summed E-state index contributed by atoms with van der Waals surface area (Å²) in [4.78, 5) is 60.7. The molecule has 448 valence electrons. The Morgan fingerprint density at radius 2 is 0.718 bits per heavy atom.